The first-order valence-corrected chi connectivity index (χ1v) is 15.1. The number of nitrogens with zero attached hydrogens (tertiary/aromatic N) is 1. The van der Waals surface area contributed by atoms with Gasteiger partial charge in [-0.2, -0.15) is 0 Å². The number of hydrogen-bond donors (Lipinski definition) is 0. The topological polar surface area (TPSA) is 161 Å². The molecule has 2 aliphatic carbocycles. The summed E-state index contributed by atoms with van der Waals surface area (Å²) in [5.74, 6) is -6.82. The van der Waals surface area contributed by atoms with Crippen molar-refractivity contribution in [1.29, 1.82) is 0 Å². The zero-order chi connectivity index (χ0) is 34.6. The van der Waals surface area contributed by atoms with Gasteiger partial charge in [0.25, 0.3) is 0 Å². The monoisotopic (exact) mass is 641 g/mol. The number of rotatable bonds is 6. The lowest BCUT2D eigenvalue weighted by molar-refractivity contribution is -0.185. The molecular formula is C34H43NO11. The van der Waals surface area contributed by atoms with Crippen LogP contribution in [-0.2, 0) is 47.7 Å². The summed E-state index contributed by atoms with van der Waals surface area (Å²) in [6.07, 6.45) is 1.28. The third-order valence-electron chi connectivity index (χ3n) is 8.46. The molecule has 250 valence electrons. The highest BCUT2D eigenvalue weighted by Crippen LogP contribution is 2.51. The molecule has 1 fully saturated rings. The van der Waals surface area contributed by atoms with E-state index in [9.17, 15) is 28.8 Å². The number of ketones is 1. The molecular weight excluding hydrogens is 598 g/mol. The summed E-state index contributed by atoms with van der Waals surface area (Å²) in [5.41, 5.74) is -2.68. The van der Waals surface area contributed by atoms with Gasteiger partial charge in [0.15, 0.2) is 11.4 Å². The van der Waals surface area contributed by atoms with Crippen LogP contribution in [-0.4, -0.2) is 70.6 Å². The second-order valence-corrected chi connectivity index (χ2v) is 12.7. The molecule has 0 N–H and O–H groups in total. The molecule has 12 heteroatoms. The van der Waals surface area contributed by atoms with E-state index in [2.05, 4.69) is 11.6 Å². The van der Waals surface area contributed by atoms with E-state index in [-0.39, 0.29) is 24.0 Å². The lowest BCUT2D eigenvalue weighted by Crippen LogP contribution is -2.57. The maximum absolute atomic E-state index is 14.5. The van der Waals surface area contributed by atoms with Gasteiger partial charge < -0.3 is 23.7 Å². The molecule has 12 nitrogen and oxygen atoms in total. The van der Waals surface area contributed by atoms with E-state index in [0.29, 0.717) is 0 Å². The van der Waals surface area contributed by atoms with Crippen LogP contribution in [0.5, 0.6) is 0 Å². The van der Waals surface area contributed by atoms with E-state index < -0.39 is 88.8 Å². The number of hydrogen-bond acceptors (Lipinski definition) is 12. The minimum atomic E-state index is -1.92. The highest BCUT2D eigenvalue weighted by atomic mass is 16.6. The summed E-state index contributed by atoms with van der Waals surface area (Å²) < 4.78 is 29.2. The summed E-state index contributed by atoms with van der Waals surface area (Å²) in [6.45, 7) is 15.8. The SMILES string of the molecule is C=C1[C@H](OC(C)=O)C[C@@H](OC(=O)c2cccnc2)C(C)(C)C=C[C@@H](C)C(=O)[C@@]2(OC(C)=O)C[C@H](C)[C@H](OC(C)=O)C2[C@H]1OC(C)=O. The fourth-order valence-electron chi connectivity index (χ4n) is 6.40. The van der Waals surface area contributed by atoms with Crippen molar-refractivity contribution in [3.63, 3.8) is 0 Å². The molecule has 0 amide bonds. The number of carbonyl (C=O) groups excluding carboxylic acids is 6. The predicted octanol–water partition coefficient (Wildman–Crippen LogP) is 4.11. The largest absolute Gasteiger partial charge is 0.462 e. The second-order valence-electron chi connectivity index (χ2n) is 12.7. The van der Waals surface area contributed by atoms with Gasteiger partial charge in [-0.25, -0.2) is 4.79 Å². The Bertz CT molecular complexity index is 1400. The molecule has 2 aliphatic rings. The van der Waals surface area contributed by atoms with Gasteiger partial charge in [0.2, 0.25) is 0 Å². The first-order chi connectivity index (χ1) is 21.4. The lowest BCUT2D eigenvalue weighted by atomic mass is 9.72. The van der Waals surface area contributed by atoms with Crippen LogP contribution in [0.2, 0.25) is 0 Å². The van der Waals surface area contributed by atoms with Gasteiger partial charge in [-0.05, 0) is 18.1 Å². The van der Waals surface area contributed by atoms with Crippen molar-refractivity contribution >= 4 is 35.6 Å². The Balaban J connectivity index is 2.31. The van der Waals surface area contributed by atoms with Crippen molar-refractivity contribution in [2.45, 2.75) is 98.2 Å². The van der Waals surface area contributed by atoms with Gasteiger partial charge >= 0.3 is 29.8 Å². The number of allylic oxidation sites excluding steroid dienone is 1. The molecule has 46 heavy (non-hydrogen) atoms. The van der Waals surface area contributed by atoms with Crippen LogP contribution in [0.1, 0.15) is 78.6 Å². The fraction of sp³-hybridized carbons (Fsp3) is 0.559. The van der Waals surface area contributed by atoms with Crippen molar-refractivity contribution in [3.05, 3.63) is 54.4 Å². The summed E-state index contributed by atoms with van der Waals surface area (Å²) in [4.78, 5) is 81.8. The summed E-state index contributed by atoms with van der Waals surface area (Å²) >= 11 is 0. The molecule has 0 saturated heterocycles. The number of ether oxygens (including phenoxy) is 5. The second kappa shape index (κ2) is 14.4. The zero-order valence-corrected chi connectivity index (χ0v) is 27.6. The highest BCUT2D eigenvalue weighted by molar-refractivity contribution is 5.93. The predicted molar refractivity (Wildman–Crippen MR) is 163 cm³/mol. The molecule has 0 bridgehead atoms. The molecule has 0 radical (unpaired) electrons. The van der Waals surface area contributed by atoms with Crippen molar-refractivity contribution < 1.29 is 52.5 Å². The first kappa shape index (κ1) is 36.1. The van der Waals surface area contributed by atoms with Crippen molar-refractivity contribution in [1.82, 2.24) is 4.98 Å². The molecule has 1 unspecified atom stereocenters. The quantitative estimate of drug-likeness (QED) is 0.249. The molecule has 3 rings (SSSR count). The maximum Gasteiger partial charge on any atom is 0.340 e. The van der Waals surface area contributed by atoms with Crippen LogP contribution in [0.4, 0.5) is 0 Å². The Labute approximate surface area is 268 Å². The molecule has 0 aliphatic heterocycles. The Kier molecular flexibility index (Phi) is 11.3. The number of Topliss-reactive ketones (excluding diaryl/α,β-unsaturated/α-hetero) is 1. The molecule has 1 aromatic rings. The van der Waals surface area contributed by atoms with Crippen LogP contribution in [0, 0.1) is 23.2 Å². The molecule has 1 aromatic heterocycles. The Morgan fingerprint density at radius 3 is 2.09 bits per heavy atom. The van der Waals surface area contributed by atoms with Crippen LogP contribution in [0.3, 0.4) is 0 Å². The summed E-state index contributed by atoms with van der Waals surface area (Å²) in [6, 6.07) is 3.12. The van der Waals surface area contributed by atoms with Gasteiger partial charge in [-0.1, -0.05) is 46.4 Å². The normalized spacial score (nSPS) is 30.9. The Hall–Kier alpha value is -4.35. The molecule has 0 aromatic carbocycles. The Morgan fingerprint density at radius 1 is 0.913 bits per heavy atom. The molecule has 1 saturated carbocycles. The van der Waals surface area contributed by atoms with Crippen LogP contribution < -0.4 is 0 Å². The van der Waals surface area contributed by atoms with Gasteiger partial charge in [0.05, 0.1) is 11.5 Å². The zero-order valence-electron chi connectivity index (χ0n) is 27.6. The van der Waals surface area contributed by atoms with E-state index in [0.717, 1.165) is 13.8 Å². The van der Waals surface area contributed by atoms with Crippen LogP contribution >= 0.6 is 0 Å². The summed E-state index contributed by atoms with van der Waals surface area (Å²) in [7, 11) is 0. The van der Waals surface area contributed by atoms with Gasteiger partial charge in [0.1, 0.15) is 24.4 Å². The third kappa shape index (κ3) is 8.07. The maximum atomic E-state index is 14.5. The molecule has 8 atom stereocenters. The molecule has 1 heterocycles. The highest BCUT2D eigenvalue weighted by Gasteiger charge is 2.65. The lowest BCUT2D eigenvalue weighted by Gasteiger charge is -2.42. The average Bonchev–Trinajstić information content (AvgIpc) is 3.22. The standard InChI is InChI=1S/C34H43NO11/c1-18-12-13-33(8,9)27(45-32(41)25-11-10-14-35-17-25)15-26(42-21(4)36)20(3)30(44-23(6)38)28-29(43-22(5)37)19(2)16-34(28,31(18)40)46-24(7)39/h10-14,17-19,26-30H,3,15-16H2,1-2,4-9H3/t18-,19+,26-,27-,28?,29+,30+,34-/m1/s1. The van der Waals surface area contributed by atoms with E-state index in [1.807, 2.05) is 0 Å². The van der Waals surface area contributed by atoms with E-state index in [4.69, 9.17) is 23.7 Å². The van der Waals surface area contributed by atoms with Gasteiger partial charge in [-0.15, -0.1) is 0 Å². The summed E-state index contributed by atoms with van der Waals surface area (Å²) in [5, 5.41) is 0. The van der Waals surface area contributed by atoms with Crippen LogP contribution in [0.25, 0.3) is 0 Å². The Morgan fingerprint density at radius 2 is 1.54 bits per heavy atom. The average molecular weight is 642 g/mol. The van der Waals surface area contributed by atoms with E-state index in [1.165, 1.54) is 26.2 Å². The number of aromatic nitrogens is 1. The minimum Gasteiger partial charge on any atom is -0.462 e. The van der Waals surface area contributed by atoms with Gasteiger partial charge in [-0.3, -0.25) is 29.0 Å². The number of esters is 5. The van der Waals surface area contributed by atoms with E-state index in [1.54, 1.807) is 52.0 Å². The fourth-order valence-corrected chi connectivity index (χ4v) is 6.40. The first-order valence-electron chi connectivity index (χ1n) is 15.1. The number of pyridine rings is 1. The van der Waals surface area contributed by atoms with Crippen molar-refractivity contribution in [2.75, 3.05) is 0 Å². The third-order valence-corrected chi connectivity index (χ3v) is 8.46. The van der Waals surface area contributed by atoms with Crippen LogP contribution in [0.15, 0.2) is 48.8 Å². The number of carbonyl (C=O) groups is 6. The van der Waals surface area contributed by atoms with Crippen molar-refractivity contribution in [2.24, 2.45) is 23.2 Å². The number of fused-ring (bicyclic) bond motifs is 1. The van der Waals surface area contributed by atoms with E-state index >= 15 is 0 Å². The van der Waals surface area contributed by atoms with Crippen molar-refractivity contribution in [3.8, 4) is 0 Å². The smallest absolute Gasteiger partial charge is 0.340 e. The molecule has 0 spiro atoms. The minimum absolute atomic E-state index is 0.0152. The van der Waals surface area contributed by atoms with Gasteiger partial charge in [0, 0.05) is 69.8 Å².